The molecule has 15 heavy (non-hydrogen) atoms. The molecule has 1 N–H and O–H groups in total. The summed E-state index contributed by atoms with van der Waals surface area (Å²) < 4.78 is 10.6. The molecule has 1 aromatic heterocycles. The fourth-order valence-electron chi connectivity index (χ4n) is 1.84. The number of rotatable bonds is 7. The molecule has 0 bridgehead atoms. The molecular formula is C12H21NO2. The molecule has 0 aliphatic heterocycles. The van der Waals surface area contributed by atoms with Gasteiger partial charge in [-0.15, -0.1) is 0 Å². The number of methoxy groups -OCH3 is 1. The van der Waals surface area contributed by atoms with Crippen molar-refractivity contribution < 1.29 is 9.15 Å². The standard InChI is InChI=1S/C12H21NO2/c1-4-6-11(14-3)12(13-5-2)10-7-8-15-9-10/h7-9,11-13H,4-6H2,1-3H3. The third-order valence-electron chi connectivity index (χ3n) is 2.57. The van der Waals surface area contributed by atoms with E-state index in [4.69, 9.17) is 9.15 Å². The first-order valence-corrected chi connectivity index (χ1v) is 5.61. The summed E-state index contributed by atoms with van der Waals surface area (Å²) >= 11 is 0. The second-order valence-corrected chi connectivity index (χ2v) is 3.65. The number of hydrogen-bond acceptors (Lipinski definition) is 3. The largest absolute Gasteiger partial charge is 0.472 e. The van der Waals surface area contributed by atoms with Gasteiger partial charge in [-0.2, -0.15) is 0 Å². The summed E-state index contributed by atoms with van der Waals surface area (Å²) in [4.78, 5) is 0. The first kappa shape index (κ1) is 12.3. The average molecular weight is 211 g/mol. The van der Waals surface area contributed by atoms with Gasteiger partial charge in [-0.1, -0.05) is 20.3 Å². The van der Waals surface area contributed by atoms with Crippen molar-refractivity contribution in [3.8, 4) is 0 Å². The molecule has 0 aromatic carbocycles. The third-order valence-corrected chi connectivity index (χ3v) is 2.57. The summed E-state index contributed by atoms with van der Waals surface area (Å²) in [5.74, 6) is 0. The van der Waals surface area contributed by atoms with Crippen molar-refractivity contribution in [2.24, 2.45) is 0 Å². The second-order valence-electron chi connectivity index (χ2n) is 3.65. The first-order valence-electron chi connectivity index (χ1n) is 5.61. The Bertz CT molecular complexity index is 246. The van der Waals surface area contributed by atoms with E-state index in [0.29, 0.717) is 0 Å². The van der Waals surface area contributed by atoms with Gasteiger partial charge in [-0.05, 0) is 19.0 Å². The van der Waals surface area contributed by atoms with Gasteiger partial charge in [0.1, 0.15) is 0 Å². The van der Waals surface area contributed by atoms with Crippen molar-refractivity contribution in [2.45, 2.75) is 38.8 Å². The van der Waals surface area contributed by atoms with Crippen molar-refractivity contribution in [2.75, 3.05) is 13.7 Å². The van der Waals surface area contributed by atoms with Crippen LogP contribution in [0, 0.1) is 0 Å². The highest BCUT2D eigenvalue weighted by Crippen LogP contribution is 2.22. The van der Waals surface area contributed by atoms with E-state index in [2.05, 4.69) is 19.2 Å². The summed E-state index contributed by atoms with van der Waals surface area (Å²) in [6, 6.07) is 2.23. The van der Waals surface area contributed by atoms with Crippen molar-refractivity contribution in [3.05, 3.63) is 24.2 Å². The van der Waals surface area contributed by atoms with Crippen molar-refractivity contribution in [3.63, 3.8) is 0 Å². The van der Waals surface area contributed by atoms with Gasteiger partial charge in [0.2, 0.25) is 0 Å². The molecule has 0 amide bonds. The van der Waals surface area contributed by atoms with E-state index in [1.165, 1.54) is 0 Å². The normalized spacial score (nSPS) is 15.1. The molecule has 1 rings (SSSR count). The lowest BCUT2D eigenvalue weighted by Crippen LogP contribution is -2.32. The Hall–Kier alpha value is -0.800. The number of nitrogens with one attached hydrogen (secondary N) is 1. The van der Waals surface area contributed by atoms with Crippen molar-refractivity contribution in [1.82, 2.24) is 5.32 Å². The summed E-state index contributed by atoms with van der Waals surface area (Å²) in [6.07, 6.45) is 5.89. The molecule has 0 saturated heterocycles. The number of hydrogen-bond donors (Lipinski definition) is 1. The van der Waals surface area contributed by atoms with Gasteiger partial charge in [-0.3, -0.25) is 0 Å². The topological polar surface area (TPSA) is 34.4 Å². The lowest BCUT2D eigenvalue weighted by Gasteiger charge is -2.25. The third kappa shape index (κ3) is 3.36. The first-order chi connectivity index (χ1) is 7.33. The lowest BCUT2D eigenvalue weighted by molar-refractivity contribution is 0.0609. The summed E-state index contributed by atoms with van der Waals surface area (Å²) in [6.45, 7) is 5.20. The predicted molar refractivity (Wildman–Crippen MR) is 60.8 cm³/mol. The molecule has 86 valence electrons. The van der Waals surface area contributed by atoms with Gasteiger partial charge in [-0.25, -0.2) is 0 Å². The van der Waals surface area contributed by atoms with E-state index < -0.39 is 0 Å². The van der Waals surface area contributed by atoms with E-state index >= 15 is 0 Å². The molecule has 0 spiro atoms. The molecule has 0 fully saturated rings. The fourth-order valence-corrected chi connectivity index (χ4v) is 1.84. The van der Waals surface area contributed by atoms with Crippen LogP contribution in [-0.2, 0) is 4.74 Å². The van der Waals surface area contributed by atoms with E-state index in [1.807, 2.05) is 6.07 Å². The van der Waals surface area contributed by atoms with Crippen LogP contribution in [0.15, 0.2) is 23.0 Å². The Morgan fingerprint density at radius 2 is 2.27 bits per heavy atom. The van der Waals surface area contributed by atoms with Gasteiger partial charge in [0.25, 0.3) is 0 Å². The van der Waals surface area contributed by atoms with E-state index in [1.54, 1.807) is 19.6 Å². The SMILES string of the molecule is CCCC(OC)C(NCC)c1ccoc1. The van der Waals surface area contributed by atoms with Crippen LogP contribution < -0.4 is 5.32 Å². The van der Waals surface area contributed by atoms with Crippen LogP contribution in [0.1, 0.15) is 38.3 Å². The number of likely N-dealkylation sites (N-methyl/N-ethyl adjacent to an activating group) is 1. The summed E-state index contributed by atoms with van der Waals surface area (Å²) in [5, 5.41) is 3.44. The zero-order chi connectivity index (χ0) is 11.1. The molecule has 3 heteroatoms. The highest BCUT2D eigenvalue weighted by Gasteiger charge is 2.22. The van der Waals surface area contributed by atoms with E-state index in [0.717, 1.165) is 24.9 Å². The minimum Gasteiger partial charge on any atom is -0.472 e. The molecule has 0 aliphatic rings. The zero-order valence-electron chi connectivity index (χ0n) is 9.82. The van der Waals surface area contributed by atoms with Crippen LogP contribution in [0.3, 0.4) is 0 Å². The zero-order valence-corrected chi connectivity index (χ0v) is 9.82. The van der Waals surface area contributed by atoms with Gasteiger partial charge < -0.3 is 14.5 Å². The molecule has 3 nitrogen and oxygen atoms in total. The Morgan fingerprint density at radius 3 is 2.73 bits per heavy atom. The number of ether oxygens (including phenoxy) is 1. The van der Waals surface area contributed by atoms with Gasteiger partial charge in [0.15, 0.2) is 0 Å². The lowest BCUT2D eigenvalue weighted by atomic mass is 10.0. The molecule has 1 heterocycles. The van der Waals surface area contributed by atoms with Gasteiger partial charge in [0.05, 0.1) is 24.7 Å². The van der Waals surface area contributed by atoms with Gasteiger partial charge in [0, 0.05) is 12.7 Å². The maximum absolute atomic E-state index is 5.53. The fraction of sp³-hybridized carbons (Fsp3) is 0.667. The smallest absolute Gasteiger partial charge is 0.0951 e. The molecule has 2 atom stereocenters. The monoisotopic (exact) mass is 211 g/mol. The molecule has 2 unspecified atom stereocenters. The summed E-state index contributed by atoms with van der Waals surface area (Å²) in [7, 11) is 1.77. The Kier molecular flexibility index (Phi) is 5.43. The van der Waals surface area contributed by atoms with Crippen LogP contribution in [0.5, 0.6) is 0 Å². The Balaban J connectivity index is 2.71. The molecular weight excluding hydrogens is 190 g/mol. The van der Waals surface area contributed by atoms with E-state index in [9.17, 15) is 0 Å². The number of furan rings is 1. The minimum atomic E-state index is 0.215. The van der Waals surface area contributed by atoms with E-state index in [-0.39, 0.29) is 12.1 Å². The van der Waals surface area contributed by atoms with Crippen LogP contribution in [0.4, 0.5) is 0 Å². The quantitative estimate of drug-likeness (QED) is 0.753. The Morgan fingerprint density at radius 1 is 1.47 bits per heavy atom. The van der Waals surface area contributed by atoms with Crippen LogP contribution >= 0.6 is 0 Å². The highest BCUT2D eigenvalue weighted by atomic mass is 16.5. The Labute approximate surface area is 91.8 Å². The van der Waals surface area contributed by atoms with Gasteiger partial charge >= 0.3 is 0 Å². The van der Waals surface area contributed by atoms with Crippen LogP contribution in [0.2, 0.25) is 0 Å². The maximum Gasteiger partial charge on any atom is 0.0951 e. The summed E-state index contributed by atoms with van der Waals surface area (Å²) in [5.41, 5.74) is 1.16. The highest BCUT2D eigenvalue weighted by molar-refractivity contribution is 5.13. The molecule has 0 saturated carbocycles. The predicted octanol–water partition coefficient (Wildman–Crippen LogP) is 2.75. The second kappa shape index (κ2) is 6.64. The molecule has 0 radical (unpaired) electrons. The van der Waals surface area contributed by atoms with Crippen molar-refractivity contribution in [1.29, 1.82) is 0 Å². The van der Waals surface area contributed by atoms with Crippen molar-refractivity contribution >= 4 is 0 Å². The molecule has 0 aliphatic carbocycles. The average Bonchev–Trinajstić information content (AvgIpc) is 2.76. The molecule has 1 aromatic rings. The minimum absolute atomic E-state index is 0.215. The van der Waals surface area contributed by atoms with Crippen LogP contribution in [-0.4, -0.2) is 19.8 Å². The maximum atomic E-state index is 5.53. The van der Waals surface area contributed by atoms with Crippen LogP contribution in [0.25, 0.3) is 0 Å².